The number of nitro groups is 1. The van der Waals surface area contributed by atoms with E-state index in [9.17, 15) is 18.5 Å². The van der Waals surface area contributed by atoms with Crippen molar-refractivity contribution in [2.75, 3.05) is 10.1 Å². The smallest absolute Gasteiger partial charge is 0.280 e. The molecule has 30 heavy (non-hydrogen) atoms. The van der Waals surface area contributed by atoms with Gasteiger partial charge in [0.25, 0.3) is 15.7 Å². The molecule has 0 spiro atoms. The van der Waals surface area contributed by atoms with Gasteiger partial charge in [-0.05, 0) is 42.8 Å². The van der Waals surface area contributed by atoms with E-state index in [4.69, 9.17) is 11.6 Å². The summed E-state index contributed by atoms with van der Waals surface area (Å²) >= 11 is 5.86. The Labute approximate surface area is 178 Å². The minimum absolute atomic E-state index is 0.0607. The summed E-state index contributed by atoms with van der Waals surface area (Å²) in [6.45, 7) is 1.94. The van der Waals surface area contributed by atoms with Crippen LogP contribution in [0, 0.1) is 17.0 Å². The molecular formula is C20H17ClN4O4S. The van der Waals surface area contributed by atoms with Gasteiger partial charge in [0.1, 0.15) is 5.69 Å². The lowest BCUT2D eigenvalue weighted by Gasteiger charge is -2.09. The van der Waals surface area contributed by atoms with Crippen molar-refractivity contribution in [3.63, 3.8) is 0 Å². The number of hydrazone groups is 1. The SMILES string of the molecule is Cc1cccc(/C=N/Nc2ccc(S(=O)(=O)Nc3cccc(Cl)c3)cc2[N+](=O)[O-])c1. The van der Waals surface area contributed by atoms with Gasteiger partial charge in [-0.1, -0.05) is 47.5 Å². The maximum atomic E-state index is 12.6. The summed E-state index contributed by atoms with van der Waals surface area (Å²) in [5, 5.41) is 15.8. The van der Waals surface area contributed by atoms with Crippen LogP contribution in [0.4, 0.5) is 17.1 Å². The van der Waals surface area contributed by atoms with Crippen molar-refractivity contribution in [1.29, 1.82) is 0 Å². The van der Waals surface area contributed by atoms with Crippen LogP contribution < -0.4 is 10.1 Å². The van der Waals surface area contributed by atoms with Crippen LogP contribution in [0.25, 0.3) is 0 Å². The second-order valence-corrected chi connectivity index (χ2v) is 8.45. The zero-order chi connectivity index (χ0) is 21.7. The number of nitro benzene ring substituents is 1. The van der Waals surface area contributed by atoms with Gasteiger partial charge in [-0.25, -0.2) is 8.42 Å². The monoisotopic (exact) mass is 444 g/mol. The van der Waals surface area contributed by atoms with Crippen LogP contribution in [0.5, 0.6) is 0 Å². The van der Waals surface area contributed by atoms with Crippen molar-refractivity contribution < 1.29 is 13.3 Å². The van der Waals surface area contributed by atoms with E-state index in [1.54, 1.807) is 12.1 Å². The van der Waals surface area contributed by atoms with E-state index in [-0.39, 0.29) is 16.3 Å². The molecule has 3 aromatic carbocycles. The third-order valence-corrected chi connectivity index (χ3v) is 5.61. The largest absolute Gasteiger partial charge is 0.295 e. The van der Waals surface area contributed by atoms with Gasteiger partial charge in [-0.3, -0.25) is 20.3 Å². The van der Waals surface area contributed by atoms with Crippen LogP contribution in [0.1, 0.15) is 11.1 Å². The Morgan fingerprint density at radius 3 is 2.53 bits per heavy atom. The first kappa shape index (κ1) is 21.3. The molecule has 0 fully saturated rings. The fourth-order valence-corrected chi connectivity index (χ4v) is 3.88. The molecular weight excluding hydrogens is 428 g/mol. The average molecular weight is 445 g/mol. The molecule has 0 amide bonds. The number of nitrogens with zero attached hydrogens (tertiary/aromatic N) is 2. The molecule has 0 aliphatic heterocycles. The van der Waals surface area contributed by atoms with E-state index in [0.717, 1.165) is 17.2 Å². The zero-order valence-corrected chi connectivity index (χ0v) is 17.3. The van der Waals surface area contributed by atoms with Crippen molar-refractivity contribution >= 4 is 44.9 Å². The number of nitrogens with one attached hydrogen (secondary N) is 2. The predicted octanol–water partition coefficient (Wildman–Crippen LogP) is 4.80. The summed E-state index contributed by atoms with van der Waals surface area (Å²) in [5.74, 6) is 0. The molecule has 0 heterocycles. The van der Waals surface area contributed by atoms with E-state index in [1.165, 1.54) is 30.5 Å². The van der Waals surface area contributed by atoms with E-state index in [2.05, 4.69) is 15.2 Å². The topological polar surface area (TPSA) is 114 Å². The van der Waals surface area contributed by atoms with Crippen LogP contribution in [0.2, 0.25) is 5.02 Å². The Hall–Kier alpha value is -3.43. The standard InChI is InChI=1S/C20H17ClN4O4S/c1-14-4-2-5-15(10-14)13-22-23-19-9-8-18(12-20(19)25(26)27)30(28,29)24-17-7-3-6-16(21)11-17/h2-13,23-24H,1H3/b22-13+. The van der Waals surface area contributed by atoms with Crippen LogP contribution in [0.3, 0.4) is 0 Å². The minimum atomic E-state index is -4.05. The number of rotatable bonds is 7. The number of halogens is 1. The van der Waals surface area contributed by atoms with Crippen molar-refractivity contribution in [2.24, 2.45) is 5.10 Å². The first-order chi connectivity index (χ1) is 14.2. The molecule has 3 rings (SSSR count). The van der Waals surface area contributed by atoms with Crippen molar-refractivity contribution in [1.82, 2.24) is 0 Å². The average Bonchev–Trinajstić information content (AvgIpc) is 2.67. The van der Waals surface area contributed by atoms with E-state index in [1.807, 2.05) is 31.2 Å². The van der Waals surface area contributed by atoms with Gasteiger partial charge in [-0.2, -0.15) is 5.10 Å². The molecule has 0 saturated heterocycles. The Morgan fingerprint density at radius 1 is 1.07 bits per heavy atom. The second kappa shape index (κ2) is 8.93. The lowest BCUT2D eigenvalue weighted by atomic mass is 10.2. The highest BCUT2D eigenvalue weighted by Gasteiger charge is 2.21. The number of anilines is 2. The van der Waals surface area contributed by atoms with Gasteiger partial charge >= 0.3 is 0 Å². The highest BCUT2D eigenvalue weighted by atomic mass is 35.5. The number of aryl methyl sites for hydroxylation is 1. The highest BCUT2D eigenvalue weighted by molar-refractivity contribution is 7.92. The fourth-order valence-electron chi connectivity index (χ4n) is 2.62. The first-order valence-corrected chi connectivity index (χ1v) is 10.5. The lowest BCUT2D eigenvalue weighted by Crippen LogP contribution is -2.13. The molecule has 0 aliphatic carbocycles. The summed E-state index contributed by atoms with van der Waals surface area (Å²) in [4.78, 5) is 10.5. The molecule has 0 atom stereocenters. The van der Waals surface area contributed by atoms with Gasteiger partial charge < -0.3 is 0 Å². The Morgan fingerprint density at radius 2 is 1.83 bits per heavy atom. The maximum absolute atomic E-state index is 12.6. The molecule has 3 aromatic rings. The minimum Gasteiger partial charge on any atom is -0.280 e. The normalized spacial score (nSPS) is 11.4. The predicted molar refractivity (Wildman–Crippen MR) is 118 cm³/mol. The quantitative estimate of drug-likeness (QED) is 0.308. The zero-order valence-electron chi connectivity index (χ0n) is 15.7. The van der Waals surface area contributed by atoms with Gasteiger partial charge in [0.05, 0.1) is 21.7 Å². The van der Waals surface area contributed by atoms with Gasteiger partial charge in [0.15, 0.2) is 0 Å². The van der Waals surface area contributed by atoms with Crippen LogP contribution in [-0.4, -0.2) is 19.6 Å². The van der Waals surface area contributed by atoms with Gasteiger partial charge in [0.2, 0.25) is 0 Å². The maximum Gasteiger partial charge on any atom is 0.295 e. The Bertz CT molecular complexity index is 1230. The summed E-state index contributed by atoms with van der Waals surface area (Å²) in [6.07, 6.45) is 1.52. The van der Waals surface area contributed by atoms with Crippen LogP contribution >= 0.6 is 11.6 Å². The summed E-state index contributed by atoms with van der Waals surface area (Å²) in [7, 11) is -4.05. The number of sulfonamides is 1. The number of hydrogen-bond donors (Lipinski definition) is 2. The Balaban J connectivity index is 1.85. The molecule has 10 heteroatoms. The van der Waals surface area contributed by atoms with Gasteiger partial charge in [-0.15, -0.1) is 0 Å². The molecule has 0 radical (unpaired) electrons. The Kier molecular flexibility index (Phi) is 6.34. The first-order valence-electron chi connectivity index (χ1n) is 8.67. The molecule has 0 aliphatic rings. The number of hydrogen-bond acceptors (Lipinski definition) is 6. The molecule has 0 saturated carbocycles. The molecule has 154 valence electrons. The second-order valence-electron chi connectivity index (χ2n) is 6.34. The van der Waals surface area contributed by atoms with Gasteiger partial charge in [0, 0.05) is 11.1 Å². The summed E-state index contributed by atoms with van der Waals surface area (Å²) in [6, 6.07) is 17.2. The van der Waals surface area contributed by atoms with E-state index < -0.39 is 20.6 Å². The van der Waals surface area contributed by atoms with Crippen LogP contribution in [0.15, 0.2) is 76.7 Å². The number of benzene rings is 3. The highest BCUT2D eigenvalue weighted by Crippen LogP contribution is 2.29. The lowest BCUT2D eigenvalue weighted by molar-refractivity contribution is -0.384. The van der Waals surface area contributed by atoms with Crippen LogP contribution in [-0.2, 0) is 10.0 Å². The molecule has 0 bridgehead atoms. The van der Waals surface area contributed by atoms with E-state index >= 15 is 0 Å². The van der Waals surface area contributed by atoms with Crippen molar-refractivity contribution in [3.8, 4) is 0 Å². The molecule has 0 aromatic heterocycles. The fraction of sp³-hybridized carbons (Fsp3) is 0.0500. The third-order valence-electron chi connectivity index (χ3n) is 3.99. The molecule has 2 N–H and O–H groups in total. The third kappa shape index (κ3) is 5.34. The summed E-state index contributed by atoms with van der Waals surface area (Å²) in [5.41, 5.74) is 4.34. The molecule has 8 nitrogen and oxygen atoms in total. The van der Waals surface area contributed by atoms with Crippen molar-refractivity contribution in [3.05, 3.63) is 93.0 Å². The summed E-state index contributed by atoms with van der Waals surface area (Å²) < 4.78 is 27.6. The van der Waals surface area contributed by atoms with Crippen molar-refractivity contribution in [2.45, 2.75) is 11.8 Å². The molecule has 0 unspecified atom stereocenters. The van der Waals surface area contributed by atoms with E-state index in [0.29, 0.717) is 5.02 Å².